The van der Waals surface area contributed by atoms with Gasteiger partial charge in [-0.1, -0.05) is 20.8 Å². The Kier molecular flexibility index (Phi) is 9.96. The maximum absolute atomic E-state index is 13.9. The van der Waals surface area contributed by atoms with E-state index in [2.05, 4.69) is 10.2 Å². The summed E-state index contributed by atoms with van der Waals surface area (Å²) in [5.41, 5.74) is 3.29. The highest BCUT2D eigenvalue weighted by Crippen LogP contribution is 2.41. The summed E-state index contributed by atoms with van der Waals surface area (Å²) in [6, 6.07) is 7.04. The van der Waals surface area contributed by atoms with E-state index in [0.29, 0.717) is 79.4 Å². The van der Waals surface area contributed by atoms with Gasteiger partial charge in [-0.25, -0.2) is 0 Å². The fraction of sp³-hybridized carbons (Fsp3) is 0.485. The number of ketones is 2. The Bertz CT molecular complexity index is 1470. The molecular formula is C33H42N4O7. The molecule has 0 radical (unpaired) electrons. The number of Topliss-reactive ketones (excluding diaryl/α,β-unsaturated/α-hetero) is 2. The average molecular weight is 607 g/mol. The molecule has 2 aromatic rings. The predicted octanol–water partition coefficient (Wildman–Crippen LogP) is 4.18. The van der Waals surface area contributed by atoms with Crippen LogP contribution in [0.1, 0.15) is 90.8 Å². The Hall–Kier alpha value is -4.41. The number of amides is 1. The van der Waals surface area contributed by atoms with Crippen molar-refractivity contribution >= 4 is 35.0 Å². The number of anilines is 1. The zero-order valence-electron chi connectivity index (χ0n) is 26.2. The van der Waals surface area contributed by atoms with Crippen molar-refractivity contribution in [1.82, 2.24) is 10.2 Å². The van der Waals surface area contributed by atoms with Gasteiger partial charge in [-0.05, 0) is 48.6 Å². The van der Waals surface area contributed by atoms with Crippen molar-refractivity contribution in [3.8, 4) is 11.5 Å². The van der Waals surface area contributed by atoms with Crippen LogP contribution < -0.4 is 19.7 Å². The second-order valence-electron chi connectivity index (χ2n) is 12.1. The molecule has 11 nitrogen and oxygen atoms in total. The number of hydrogen-bond acceptors (Lipinski definition) is 8. The summed E-state index contributed by atoms with van der Waals surface area (Å²) in [5.74, 6) is -0.0144. The SMILES string of the molecule is CCOc1cc2c(cc1C(=O)NC)C(=N)N(CC(=O)c1cc(N3CCC(=O)CC3)c(OCCCC(=O)O)c(C(C)(C)C)c1)C2. The highest BCUT2D eigenvalue weighted by Gasteiger charge is 2.32. The molecule has 0 spiro atoms. The van der Waals surface area contributed by atoms with Gasteiger partial charge in [-0.3, -0.25) is 24.6 Å². The maximum Gasteiger partial charge on any atom is 0.303 e. The summed E-state index contributed by atoms with van der Waals surface area (Å²) < 4.78 is 11.9. The van der Waals surface area contributed by atoms with Gasteiger partial charge in [0.2, 0.25) is 0 Å². The minimum Gasteiger partial charge on any atom is -0.493 e. The van der Waals surface area contributed by atoms with Crippen molar-refractivity contribution in [2.45, 2.75) is 65.3 Å². The third-order valence-corrected chi connectivity index (χ3v) is 7.89. The molecule has 2 aliphatic heterocycles. The Labute approximate surface area is 258 Å². The number of piperidine rings is 1. The Balaban J connectivity index is 1.66. The van der Waals surface area contributed by atoms with Crippen LogP contribution >= 0.6 is 0 Å². The molecule has 2 aromatic carbocycles. The lowest BCUT2D eigenvalue weighted by atomic mass is 9.84. The van der Waals surface area contributed by atoms with E-state index in [4.69, 9.17) is 20.0 Å². The number of nitrogens with one attached hydrogen (secondary N) is 2. The van der Waals surface area contributed by atoms with Crippen LogP contribution in [0.4, 0.5) is 5.69 Å². The predicted molar refractivity (Wildman–Crippen MR) is 167 cm³/mol. The van der Waals surface area contributed by atoms with Crippen molar-refractivity contribution < 1.29 is 33.8 Å². The number of carbonyl (C=O) groups excluding carboxylic acids is 3. The molecule has 4 rings (SSSR count). The monoisotopic (exact) mass is 606 g/mol. The highest BCUT2D eigenvalue weighted by molar-refractivity contribution is 6.08. The number of carboxylic acids is 1. The molecule has 2 aliphatic rings. The number of amidine groups is 1. The molecule has 0 aliphatic carbocycles. The van der Waals surface area contributed by atoms with Crippen LogP contribution in [0.3, 0.4) is 0 Å². The van der Waals surface area contributed by atoms with Gasteiger partial charge >= 0.3 is 5.97 Å². The topological polar surface area (TPSA) is 149 Å². The van der Waals surface area contributed by atoms with E-state index in [1.807, 2.05) is 33.8 Å². The molecule has 236 valence electrons. The van der Waals surface area contributed by atoms with E-state index in [1.54, 1.807) is 23.1 Å². The molecule has 44 heavy (non-hydrogen) atoms. The molecule has 3 N–H and O–H groups in total. The molecule has 2 heterocycles. The second kappa shape index (κ2) is 13.5. The summed E-state index contributed by atoms with van der Waals surface area (Å²) in [6.07, 6.45) is 1.11. The number of carbonyl (C=O) groups is 4. The first-order valence-electron chi connectivity index (χ1n) is 15.0. The van der Waals surface area contributed by atoms with Gasteiger partial charge < -0.3 is 29.7 Å². The zero-order valence-corrected chi connectivity index (χ0v) is 26.2. The van der Waals surface area contributed by atoms with Crippen LogP contribution in [0, 0.1) is 5.41 Å². The number of fused-ring (bicyclic) bond motifs is 1. The van der Waals surface area contributed by atoms with Crippen molar-refractivity contribution in [2.75, 3.05) is 44.8 Å². The summed E-state index contributed by atoms with van der Waals surface area (Å²) in [7, 11) is 1.54. The van der Waals surface area contributed by atoms with Crippen molar-refractivity contribution in [1.29, 1.82) is 5.41 Å². The van der Waals surface area contributed by atoms with Crippen LogP contribution in [0.5, 0.6) is 11.5 Å². The molecule has 1 fully saturated rings. The Morgan fingerprint density at radius 3 is 2.39 bits per heavy atom. The number of carboxylic acid groups (broad SMARTS) is 1. The van der Waals surface area contributed by atoms with Gasteiger partial charge in [0, 0.05) is 62.6 Å². The van der Waals surface area contributed by atoms with Gasteiger partial charge in [0.15, 0.2) is 5.78 Å². The third kappa shape index (κ3) is 7.20. The standard InChI is InChI=1S/C33H42N4O7/c1-6-43-28-16-21-18-37(31(34)23(21)17-24(28)32(42)35-5)19-27(39)20-14-25(33(2,3)4)30(44-13-7-8-29(40)41)26(15-20)36-11-9-22(38)10-12-36/h14-17,34H,6-13,18-19H2,1-5H3,(H,35,42)(H,40,41). The summed E-state index contributed by atoms with van der Waals surface area (Å²) in [4.78, 5) is 53.2. The molecular weight excluding hydrogens is 564 g/mol. The zero-order chi connectivity index (χ0) is 32.2. The van der Waals surface area contributed by atoms with E-state index < -0.39 is 11.4 Å². The molecule has 0 atom stereocenters. The number of rotatable bonds is 12. The van der Waals surface area contributed by atoms with Crippen LogP contribution in [-0.4, -0.2) is 79.2 Å². The van der Waals surface area contributed by atoms with Crippen LogP contribution in [0.25, 0.3) is 0 Å². The van der Waals surface area contributed by atoms with Crippen molar-refractivity contribution in [3.05, 3.63) is 52.1 Å². The summed E-state index contributed by atoms with van der Waals surface area (Å²) in [5, 5.41) is 20.5. The van der Waals surface area contributed by atoms with Gasteiger partial charge in [-0.2, -0.15) is 0 Å². The quantitative estimate of drug-likeness (QED) is 0.239. The third-order valence-electron chi connectivity index (χ3n) is 7.89. The lowest BCUT2D eigenvalue weighted by molar-refractivity contribution is -0.137. The second-order valence-corrected chi connectivity index (χ2v) is 12.1. The number of aliphatic carboxylic acids is 1. The molecule has 1 saturated heterocycles. The fourth-order valence-electron chi connectivity index (χ4n) is 5.53. The fourth-order valence-corrected chi connectivity index (χ4v) is 5.53. The average Bonchev–Trinajstić information content (AvgIpc) is 3.27. The molecule has 11 heteroatoms. The first-order chi connectivity index (χ1) is 20.8. The smallest absolute Gasteiger partial charge is 0.303 e. The van der Waals surface area contributed by atoms with Crippen molar-refractivity contribution in [3.63, 3.8) is 0 Å². The first-order valence-corrected chi connectivity index (χ1v) is 15.0. The number of nitrogens with zero attached hydrogens (tertiary/aromatic N) is 2. The van der Waals surface area contributed by atoms with Crippen LogP contribution in [0.2, 0.25) is 0 Å². The number of ether oxygens (including phenoxy) is 2. The van der Waals surface area contributed by atoms with Crippen LogP contribution in [0.15, 0.2) is 24.3 Å². The normalized spacial score (nSPS) is 14.8. The van der Waals surface area contributed by atoms with Gasteiger partial charge in [0.05, 0.1) is 31.0 Å². The van der Waals surface area contributed by atoms with E-state index in [1.165, 1.54) is 7.05 Å². The lowest BCUT2D eigenvalue weighted by Crippen LogP contribution is -2.35. The van der Waals surface area contributed by atoms with Gasteiger partial charge in [-0.15, -0.1) is 0 Å². The number of hydrogen-bond donors (Lipinski definition) is 3. The molecule has 0 aromatic heterocycles. The Morgan fingerprint density at radius 2 is 1.77 bits per heavy atom. The molecule has 0 unspecified atom stereocenters. The minimum absolute atomic E-state index is 0.0180. The van der Waals surface area contributed by atoms with E-state index >= 15 is 0 Å². The van der Waals surface area contributed by atoms with Gasteiger partial charge in [0.25, 0.3) is 5.91 Å². The lowest BCUT2D eigenvalue weighted by Gasteiger charge is -2.33. The highest BCUT2D eigenvalue weighted by atomic mass is 16.5. The first kappa shape index (κ1) is 32.5. The molecule has 0 saturated carbocycles. The van der Waals surface area contributed by atoms with E-state index in [-0.39, 0.29) is 42.9 Å². The maximum atomic E-state index is 13.9. The van der Waals surface area contributed by atoms with E-state index in [9.17, 15) is 19.2 Å². The number of benzene rings is 2. The van der Waals surface area contributed by atoms with E-state index in [0.717, 1.165) is 11.1 Å². The molecule has 0 bridgehead atoms. The van der Waals surface area contributed by atoms with Crippen molar-refractivity contribution in [2.24, 2.45) is 0 Å². The summed E-state index contributed by atoms with van der Waals surface area (Å²) >= 11 is 0. The largest absolute Gasteiger partial charge is 0.493 e. The van der Waals surface area contributed by atoms with Crippen LogP contribution in [-0.2, 0) is 21.5 Å². The molecule has 1 amide bonds. The summed E-state index contributed by atoms with van der Waals surface area (Å²) in [6.45, 7) is 9.76. The van der Waals surface area contributed by atoms with Gasteiger partial charge in [0.1, 0.15) is 23.1 Å². The minimum atomic E-state index is -0.894. The Morgan fingerprint density at radius 1 is 1.07 bits per heavy atom.